The summed E-state index contributed by atoms with van der Waals surface area (Å²) in [6.07, 6.45) is 0. The Kier molecular flexibility index (Phi) is 4.73. The molecule has 2 aromatic rings. The van der Waals surface area contributed by atoms with Crippen LogP contribution in [-0.4, -0.2) is 17.0 Å². The van der Waals surface area contributed by atoms with Crippen LogP contribution in [0.3, 0.4) is 0 Å². The van der Waals surface area contributed by atoms with E-state index in [0.717, 1.165) is 0 Å². The smallest absolute Gasteiger partial charge is 0.330 e. The Morgan fingerprint density at radius 3 is 2.10 bits per heavy atom. The Bertz CT molecular complexity index is 684. The number of carbonyl (C=O) groups excluding carboxylic acids is 1. The summed E-state index contributed by atoms with van der Waals surface area (Å²) in [5.41, 5.74) is 1.19. The minimum absolute atomic E-state index is 0.500. The lowest BCUT2D eigenvalue weighted by molar-refractivity contribution is -0.141. The molecule has 0 fully saturated rings. The number of hydrogen-bond donors (Lipinski definition) is 2. The third kappa shape index (κ3) is 4.22. The summed E-state index contributed by atoms with van der Waals surface area (Å²) in [4.78, 5) is 23.0. The van der Waals surface area contributed by atoms with Crippen molar-refractivity contribution < 1.29 is 14.7 Å². The van der Waals surface area contributed by atoms with E-state index in [0.29, 0.717) is 11.1 Å². The highest BCUT2D eigenvalue weighted by molar-refractivity contribution is 5.96. The van der Waals surface area contributed by atoms with Crippen molar-refractivity contribution in [1.82, 2.24) is 5.32 Å². The first-order chi connectivity index (χ1) is 10.2. The van der Waals surface area contributed by atoms with E-state index in [2.05, 4.69) is 17.2 Å². The summed E-state index contributed by atoms with van der Waals surface area (Å²) in [7, 11) is 0. The van der Waals surface area contributed by atoms with Gasteiger partial charge in [0.1, 0.15) is 0 Å². The van der Waals surface area contributed by atoms with Gasteiger partial charge in [0.05, 0.1) is 0 Å². The van der Waals surface area contributed by atoms with Gasteiger partial charge in [-0.2, -0.15) is 0 Å². The maximum atomic E-state index is 11.8. The maximum absolute atomic E-state index is 11.8. The van der Waals surface area contributed by atoms with Gasteiger partial charge < -0.3 is 10.4 Å². The number of carboxylic acids is 1. The second-order valence-electron chi connectivity index (χ2n) is 4.27. The maximum Gasteiger partial charge on any atom is 0.330 e. The molecule has 2 rings (SSSR count). The van der Waals surface area contributed by atoms with E-state index in [1.807, 2.05) is 18.2 Å². The summed E-state index contributed by atoms with van der Waals surface area (Å²) >= 11 is 0. The van der Waals surface area contributed by atoms with Gasteiger partial charge in [-0.3, -0.25) is 4.79 Å². The number of hydrogen-bond acceptors (Lipinski definition) is 2. The molecule has 0 radical (unpaired) electrons. The minimum atomic E-state index is -1.13. The Balaban J connectivity index is 2.10. The van der Waals surface area contributed by atoms with E-state index in [4.69, 9.17) is 0 Å². The van der Waals surface area contributed by atoms with E-state index < -0.39 is 17.9 Å². The van der Waals surface area contributed by atoms with Crippen LogP contribution in [0.4, 0.5) is 0 Å². The molecule has 104 valence electrons. The molecule has 0 saturated carbocycles. The number of rotatable bonds is 3. The standard InChI is InChI=1S/C17H13NO3/c19-15(12-11-13-7-3-1-4-8-13)18-16(17(20)21)14-9-5-2-6-10-14/h1-10,16H,(H,18,19)(H,20,21). The zero-order valence-corrected chi connectivity index (χ0v) is 11.1. The predicted octanol–water partition coefficient (Wildman–Crippen LogP) is 1.98. The first-order valence-electron chi connectivity index (χ1n) is 6.32. The quantitative estimate of drug-likeness (QED) is 0.844. The molecule has 0 aliphatic carbocycles. The first-order valence-corrected chi connectivity index (χ1v) is 6.32. The zero-order chi connectivity index (χ0) is 15.1. The molecule has 21 heavy (non-hydrogen) atoms. The zero-order valence-electron chi connectivity index (χ0n) is 11.1. The molecule has 1 atom stereocenters. The van der Waals surface area contributed by atoms with Gasteiger partial charge in [0.25, 0.3) is 5.91 Å². The summed E-state index contributed by atoms with van der Waals surface area (Å²) in [6, 6.07) is 16.4. The summed E-state index contributed by atoms with van der Waals surface area (Å²) < 4.78 is 0. The van der Waals surface area contributed by atoms with Crippen LogP contribution >= 0.6 is 0 Å². The molecule has 4 nitrogen and oxygen atoms in total. The van der Waals surface area contributed by atoms with Crippen LogP contribution in [0.15, 0.2) is 60.7 Å². The number of carboxylic acid groups (broad SMARTS) is 1. The molecule has 4 heteroatoms. The lowest BCUT2D eigenvalue weighted by atomic mass is 10.1. The predicted molar refractivity (Wildman–Crippen MR) is 78.3 cm³/mol. The van der Waals surface area contributed by atoms with Crippen LogP contribution in [0.25, 0.3) is 0 Å². The molecule has 0 aromatic heterocycles. The molecule has 0 heterocycles. The van der Waals surface area contributed by atoms with Gasteiger partial charge in [-0.1, -0.05) is 54.5 Å². The number of aliphatic carboxylic acids is 1. The second kappa shape index (κ2) is 6.92. The van der Waals surface area contributed by atoms with Crippen molar-refractivity contribution in [2.24, 2.45) is 0 Å². The molecule has 2 aromatic carbocycles. The van der Waals surface area contributed by atoms with Crippen LogP contribution in [0.2, 0.25) is 0 Å². The highest BCUT2D eigenvalue weighted by atomic mass is 16.4. The van der Waals surface area contributed by atoms with Crippen LogP contribution in [0.1, 0.15) is 17.2 Å². The lowest BCUT2D eigenvalue weighted by Crippen LogP contribution is -2.32. The lowest BCUT2D eigenvalue weighted by Gasteiger charge is -2.12. The fourth-order valence-electron chi connectivity index (χ4n) is 1.75. The van der Waals surface area contributed by atoms with Gasteiger partial charge in [0.15, 0.2) is 6.04 Å². The molecule has 2 N–H and O–H groups in total. The van der Waals surface area contributed by atoms with Crippen LogP contribution in [-0.2, 0) is 9.59 Å². The SMILES string of the molecule is O=C(C#Cc1ccccc1)NC(C(=O)O)c1ccccc1. The normalized spacial score (nSPS) is 10.9. The van der Waals surface area contributed by atoms with E-state index in [1.165, 1.54) is 0 Å². The molecule has 0 aliphatic rings. The van der Waals surface area contributed by atoms with Gasteiger partial charge >= 0.3 is 5.97 Å². The molecule has 1 unspecified atom stereocenters. The Labute approximate surface area is 122 Å². The van der Waals surface area contributed by atoms with E-state index in [-0.39, 0.29) is 0 Å². The van der Waals surface area contributed by atoms with Crippen LogP contribution in [0, 0.1) is 11.8 Å². The van der Waals surface area contributed by atoms with E-state index in [1.54, 1.807) is 42.5 Å². The summed E-state index contributed by atoms with van der Waals surface area (Å²) in [6.45, 7) is 0. The first kappa shape index (κ1) is 14.4. The Morgan fingerprint density at radius 2 is 1.52 bits per heavy atom. The van der Waals surface area contributed by atoms with Gasteiger partial charge in [-0.05, 0) is 17.7 Å². The number of benzene rings is 2. The minimum Gasteiger partial charge on any atom is -0.479 e. The number of nitrogens with one attached hydrogen (secondary N) is 1. The van der Waals surface area contributed by atoms with Gasteiger partial charge in [0.2, 0.25) is 0 Å². The van der Waals surface area contributed by atoms with Crippen molar-refractivity contribution in [2.45, 2.75) is 6.04 Å². The monoisotopic (exact) mass is 279 g/mol. The van der Waals surface area contributed by atoms with Gasteiger partial charge in [0, 0.05) is 11.5 Å². The van der Waals surface area contributed by atoms with Crippen LogP contribution < -0.4 is 5.32 Å². The van der Waals surface area contributed by atoms with E-state index >= 15 is 0 Å². The summed E-state index contributed by atoms with van der Waals surface area (Å²) in [5, 5.41) is 11.6. The average molecular weight is 279 g/mol. The van der Waals surface area contributed by atoms with Crippen molar-refractivity contribution in [3.05, 3.63) is 71.8 Å². The Morgan fingerprint density at radius 1 is 0.952 bits per heavy atom. The van der Waals surface area contributed by atoms with Crippen molar-refractivity contribution >= 4 is 11.9 Å². The molecule has 0 spiro atoms. The van der Waals surface area contributed by atoms with Gasteiger partial charge in [-0.25, -0.2) is 4.79 Å². The van der Waals surface area contributed by atoms with Crippen LogP contribution in [0.5, 0.6) is 0 Å². The highest BCUT2D eigenvalue weighted by Gasteiger charge is 2.20. The topological polar surface area (TPSA) is 66.4 Å². The largest absolute Gasteiger partial charge is 0.479 e. The highest BCUT2D eigenvalue weighted by Crippen LogP contribution is 2.12. The number of carbonyl (C=O) groups is 2. The fraction of sp³-hybridized carbons (Fsp3) is 0.0588. The molecular formula is C17H13NO3. The average Bonchev–Trinajstić information content (AvgIpc) is 2.52. The Hall–Kier alpha value is -3.06. The third-order valence-electron chi connectivity index (χ3n) is 2.75. The fourth-order valence-corrected chi connectivity index (χ4v) is 1.75. The number of amides is 1. The summed E-state index contributed by atoms with van der Waals surface area (Å²) in [5.74, 6) is 3.32. The molecule has 0 aliphatic heterocycles. The van der Waals surface area contributed by atoms with Crippen molar-refractivity contribution in [1.29, 1.82) is 0 Å². The molecule has 0 bridgehead atoms. The van der Waals surface area contributed by atoms with Crippen molar-refractivity contribution in [3.8, 4) is 11.8 Å². The molecular weight excluding hydrogens is 266 g/mol. The van der Waals surface area contributed by atoms with Gasteiger partial charge in [-0.15, -0.1) is 0 Å². The molecule has 0 saturated heterocycles. The van der Waals surface area contributed by atoms with E-state index in [9.17, 15) is 14.7 Å². The second-order valence-corrected chi connectivity index (χ2v) is 4.27. The van der Waals surface area contributed by atoms with Crippen molar-refractivity contribution in [3.63, 3.8) is 0 Å². The third-order valence-corrected chi connectivity index (χ3v) is 2.75. The van der Waals surface area contributed by atoms with Crippen molar-refractivity contribution in [2.75, 3.05) is 0 Å². The molecule has 1 amide bonds.